The summed E-state index contributed by atoms with van der Waals surface area (Å²) in [6.45, 7) is 4.64. The van der Waals surface area contributed by atoms with Crippen LogP contribution in [-0.4, -0.2) is 66.5 Å². The molecule has 400 valence electrons. The van der Waals surface area contributed by atoms with Gasteiger partial charge in [-0.2, -0.15) is 0 Å². The summed E-state index contributed by atoms with van der Waals surface area (Å²) in [5.74, 6) is -1.45. The Morgan fingerprint density at radius 3 is 1.12 bits per heavy atom. The maximum absolute atomic E-state index is 12.9. The number of hydrogen-bond donors (Lipinski definition) is 2. The molecule has 12 heteroatoms. The van der Waals surface area contributed by atoms with Crippen molar-refractivity contribution in [3.05, 3.63) is 24.3 Å². The first-order chi connectivity index (χ1) is 33.2. The highest BCUT2D eigenvalue weighted by molar-refractivity contribution is 7.47. The summed E-state index contributed by atoms with van der Waals surface area (Å²) in [4.78, 5) is 48.4. The van der Waals surface area contributed by atoms with E-state index in [2.05, 4.69) is 45.1 Å². The fraction of sp³-hybridized carbons (Fsp3) is 0.875. The minimum absolute atomic E-state index is 0.164. The molecule has 0 aromatic carbocycles. The zero-order valence-corrected chi connectivity index (χ0v) is 45.0. The number of rotatable bonds is 53. The van der Waals surface area contributed by atoms with Gasteiger partial charge >= 0.3 is 25.7 Å². The van der Waals surface area contributed by atoms with Gasteiger partial charge in [0.1, 0.15) is 12.7 Å². The van der Waals surface area contributed by atoms with Crippen LogP contribution in [0.25, 0.3) is 0 Å². The molecule has 11 nitrogen and oxygen atoms in total. The standard InChI is InChI=1S/C56H105O11P/c1-4-7-10-13-16-19-22-24-25-26-27-29-32-35-38-41-44-47-56(60)67-53(49-63-54(58)45-42-39-36-33-31-28-23-20-17-14-11-8-5-2)51-65-68(61,62)64-50-52(48-57)66-55(59)46-43-40-37-34-30-21-18-15-12-9-6-3/h16,19,24-25,52-53,57H,4-15,17-18,20-23,26-51H2,1-3H3,(H,61,62)/b19-16-,25-24-. The first-order valence-electron chi connectivity index (χ1n) is 28.2. The monoisotopic (exact) mass is 985 g/mol. The summed E-state index contributed by atoms with van der Waals surface area (Å²) >= 11 is 0. The molecule has 3 unspecified atom stereocenters. The molecule has 0 bridgehead atoms. The summed E-state index contributed by atoms with van der Waals surface area (Å²) in [7, 11) is -4.74. The maximum Gasteiger partial charge on any atom is 0.472 e. The van der Waals surface area contributed by atoms with Crippen LogP contribution in [0.3, 0.4) is 0 Å². The number of esters is 3. The van der Waals surface area contributed by atoms with E-state index in [0.717, 1.165) is 77.0 Å². The van der Waals surface area contributed by atoms with E-state index in [-0.39, 0.29) is 25.9 Å². The van der Waals surface area contributed by atoms with Gasteiger partial charge in [-0.1, -0.05) is 231 Å². The van der Waals surface area contributed by atoms with Crippen LogP contribution in [0.4, 0.5) is 0 Å². The number of carbonyl (C=O) groups is 3. The molecule has 0 saturated heterocycles. The average Bonchev–Trinajstić information content (AvgIpc) is 3.32. The van der Waals surface area contributed by atoms with Crippen molar-refractivity contribution < 1.29 is 52.2 Å². The van der Waals surface area contributed by atoms with E-state index in [4.69, 9.17) is 23.3 Å². The SMILES string of the molecule is CCCCC/C=C\C/C=C\CCCCCCCCCC(=O)OC(COC(=O)CCCCCCCCCCCCCCC)COP(=O)(O)OCC(CO)OC(=O)CCCCCCCCCCCCC. The lowest BCUT2D eigenvalue weighted by Gasteiger charge is -2.21. The second-order valence-corrected chi connectivity index (χ2v) is 20.6. The van der Waals surface area contributed by atoms with E-state index in [9.17, 15) is 28.9 Å². The Bertz CT molecular complexity index is 1240. The van der Waals surface area contributed by atoms with Gasteiger partial charge in [0.05, 0.1) is 19.8 Å². The highest BCUT2D eigenvalue weighted by Crippen LogP contribution is 2.43. The van der Waals surface area contributed by atoms with Gasteiger partial charge in [0.2, 0.25) is 0 Å². The topological polar surface area (TPSA) is 155 Å². The Morgan fingerprint density at radius 2 is 0.721 bits per heavy atom. The van der Waals surface area contributed by atoms with Crippen molar-refractivity contribution in [1.29, 1.82) is 0 Å². The number of ether oxygens (including phenoxy) is 3. The van der Waals surface area contributed by atoms with E-state index in [1.807, 2.05) is 0 Å². The Hall–Kier alpha value is -2.04. The van der Waals surface area contributed by atoms with Crippen molar-refractivity contribution in [3.8, 4) is 0 Å². The molecule has 2 N–H and O–H groups in total. The van der Waals surface area contributed by atoms with Crippen molar-refractivity contribution in [3.63, 3.8) is 0 Å². The summed E-state index contributed by atoms with van der Waals surface area (Å²) in [6, 6.07) is 0. The molecule has 0 aliphatic carbocycles. The van der Waals surface area contributed by atoms with E-state index < -0.39 is 57.8 Å². The molecule has 0 aliphatic heterocycles. The molecule has 0 aromatic rings. The van der Waals surface area contributed by atoms with Crippen LogP contribution >= 0.6 is 7.82 Å². The first kappa shape index (κ1) is 66.0. The van der Waals surface area contributed by atoms with Crippen molar-refractivity contribution in [2.75, 3.05) is 26.4 Å². The van der Waals surface area contributed by atoms with Gasteiger partial charge in [0, 0.05) is 19.3 Å². The zero-order chi connectivity index (χ0) is 49.9. The lowest BCUT2D eigenvalue weighted by molar-refractivity contribution is -0.161. The van der Waals surface area contributed by atoms with Crippen LogP contribution in [-0.2, 0) is 42.2 Å². The second-order valence-electron chi connectivity index (χ2n) is 19.1. The summed E-state index contributed by atoms with van der Waals surface area (Å²) in [6.07, 6.45) is 49.9. The molecule has 3 atom stereocenters. The maximum atomic E-state index is 12.9. The third-order valence-electron chi connectivity index (χ3n) is 12.4. The van der Waals surface area contributed by atoms with Gasteiger partial charge in [-0.25, -0.2) is 4.57 Å². The van der Waals surface area contributed by atoms with E-state index in [0.29, 0.717) is 19.3 Å². The van der Waals surface area contributed by atoms with Crippen LogP contribution in [0.1, 0.15) is 278 Å². The largest absolute Gasteiger partial charge is 0.472 e. The molecule has 0 aromatic heterocycles. The van der Waals surface area contributed by atoms with Crippen molar-refractivity contribution in [1.82, 2.24) is 0 Å². The van der Waals surface area contributed by atoms with Crippen molar-refractivity contribution in [2.45, 2.75) is 290 Å². The molecule has 0 heterocycles. The lowest BCUT2D eigenvalue weighted by Crippen LogP contribution is -2.30. The highest BCUT2D eigenvalue weighted by Gasteiger charge is 2.28. The van der Waals surface area contributed by atoms with Crippen LogP contribution in [0, 0.1) is 0 Å². The zero-order valence-electron chi connectivity index (χ0n) is 44.1. The Balaban J connectivity index is 4.71. The summed E-state index contributed by atoms with van der Waals surface area (Å²) in [5, 5.41) is 9.78. The number of aliphatic hydroxyl groups excluding tert-OH is 1. The van der Waals surface area contributed by atoms with E-state index in [1.165, 1.54) is 141 Å². The first-order valence-corrected chi connectivity index (χ1v) is 29.7. The predicted molar refractivity (Wildman–Crippen MR) is 280 cm³/mol. The molecule has 0 amide bonds. The number of phosphoric acid groups is 1. The third kappa shape index (κ3) is 49.0. The molecule has 68 heavy (non-hydrogen) atoms. The van der Waals surface area contributed by atoms with E-state index in [1.54, 1.807) is 0 Å². The normalized spacial score (nSPS) is 13.5. The number of aliphatic hydroxyl groups is 1. The van der Waals surface area contributed by atoms with Crippen LogP contribution < -0.4 is 0 Å². The number of phosphoric ester groups is 1. The average molecular weight is 985 g/mol. The molecule has 0 rings (SSSR count). The minimum atomic E-state index is -4.74. The quantitative estimate of drug-likeness (QED) is 0.0197. The molecule has 0 radical (unpaired) electrons. The van der Waals surface area contributed by atoms with Gasteiger partial charge in [-0.3, -0.25) is 23.4 Å². The molecular weight excluding hydrogens is 880 g/mol. The number of hydrogen-bond acceptors (Lipinski definition) is 10. The van der Waals surface area contributed by atoms with Gasteiger partial charge < -0.3 is 24.2 Å². The van der Waals surface area contributed by atoms with Crippen LogP contribution in [0.5, 0.6) is 0 Å². The van der Waals surface area contributed by atoms with Gasteiger partial charge in [0.25, 0.3) is 0 Å². The van der Waals surface area contributed by atoms with Gasteiger partial charge in [-0.05, 0) is 51.4 Å². The minimum Gasteiger partial charge on any atom is -0.462 e. The third-order valence-corrected chi connectivity index (χ3v) is 13.3. The van der Waals surface area contributed by atoms with Crippen molar-refractivity contribution in [2.24, 2.45) is 0 Å². The Kier molecular flexibility index (Phi) is 49.8. The Labute approximate surface area is 417 Å². The smallest absolute Gasteiger partial charge is 0.462 e. The molecule has 0 spiro atoms. The molecule has 0 saturated carbocycles. The van der Waals surface area contributed by atoms with Gasteiger partial charge in [-0.15, -0.1) is 0 Å². The molecule has 0 fully saturated rings. The summed E-state index contributed by atoms with van der Waals surface area (Å²) in [5.41, 5.74) is 0. The fourth-order valence-corrected chi connectivity index (χ4v) is 8.82. The van der Waals surface area contributed by atoms with E-state index >= 15 is 0 Å². The second kappa shape index (κ2) is 51.3. The highest BCUT2D eigenvalue weighted by atomic mass is 31.2. The number of unbranched alkanes of at least 4 members (excludes halogenated alkanes) is 32. The number of allylic oxidation sites excluding steroid dienone is 4. The lowest BCUT2D eigenvalue weighted by atomic mass is 10.0. The van der Waals surface area contributed by atoms with Crippen LogP contribution in [0.2, 0.25) is 0 Å². The molecule has 0 aliphatic rings. The Morgan fingerprint density at radius 1 is 0.412 bits per heavy atom. The number of carbonyl (C=O) groups excluding carboxylic acids is 3. The predicted octanol–water partition coefficient (Wildman–Crippen LogP) is 16.3. The summed E-state index contributed by atoms with van der Waals surface area (Å²) < 4.78 is 39.4. The van der Waals surface area contributed by atoms with Crippen molar-refractivity contribution >= 4 is 25.7 Å². The fourth-order valence-electron chi connectivity index (χ4n) is 8.03. The van der Waals surface area contributed by atoms with Crippen LogP contribution in [0.15, 0.2) is 24.3 Å². The van der Waals surface area contributed by atoms with Gasteiger partial charge in [0.15, 0.2) is 6.10 Å². The molecular formula is C56H105O11P.